The van der Waals surface area contributed by atoms with Gasteiger partial charge in [-0.3, -0.25) is 4.79 Å². The molecule has 0 saturated carbocycles. The molecule has 0 unspecified atom stereocenters. The lowest BCUT2D eigenvalue weighted by atomic mass is 10.0. The van der Waals surface area contributed by atoms with Crippen molar-refractivity contribution in [3.8, 4) is 0 Å². The molecule has 17 heavy (non-hydrogen) atoms. The summed E-state index contributed by atoms with van der Waals surface area (Å²) in [7, 11) is 0. The van der Waals surface area contributed by atoms with Gasteiger partial charge in [-0.15, -0.1) is 0 Å². The number of halogens is 3. The monoisotopic (exact) mass is 356 g/mol. The van der Waals surface area contributed by atoms with E-state index >= 15 is 0 Å². The smallest absolute Gasteiger partial charge is 0.196 e. The summed E-state index contributed by atoms with van der Waals surface area (Å²) in [5.41, 5.74) is 0.522. The van der Waals surface area contributed by atoms with Crippen molar-refractivity contribution in [2.75, 3.05) is 0 Å². The minimum absolute atomic E-state index is 0.0532. The van der Waals surface area contributed by atoms with Gasteiger partial charge in [0, 0.05) is 10.0 Å². The van der Waals surface area contributed by atoms with E-state index < -0.39 is 5.82 Å². The molecule has 0 fully saturated rings. The first-order valence-electron chi connectivity index (χ1n) is 4.84. The number of carbonyl (C=O) groups is 1. The second-order valence-corrected chi connectivity index (χ2v) is 5.21. The molecule has 1 nitrogen and oxygen atoms in total. The molecule has 0 heterocycles. The molecule has 0 aliphatic rings. The van der Waals surface area contributed by atoms with E-state index in [1.165, 1.54) is 6.07 Å². The summed E-state index contributed by atoms with van der Waals surface area (Å²) in [5.74, 6) is -0.868. The fourth-order valence-electron chi connectivity index (χ4n) is 1.47. The zero-order valence-electron chi connectivity index (χ0n) is 8.58. The lowest BCUT2D eigenvalue weighted by Gasteiger charge is -2.05. The second-order valence-electron chi connectivity index (χ2n) is 3.44. The van der Waals surface area contributed by atoms with E-state index in [2.05, 4.69) is 31.9 Å². The van der Waals surface area contributed by atoms with Crippen LogP contribution in [0.25, 0.3) is 0 Å². The molecule has 0 aromatic heterocycles. The maximum absolute atomic E-state index is 13.8. The molecule has 0 aliphatic carbocycles. The molecule has 0 bridgehead atoms. The Kier molecular flexibility index (Phi) is 3.74. The molecule has 0 N–H and O–H groups in total. The van der Waals surface area contributed by atoms with Gasteiger partial charge < -0.3 is 0 Å². The number of carbonyl (C=O) groups excluding carboxylic acids is 1. The van der Waals surface area contributed by atoms with Crippen LogP contribution in [0.4, 0.5) is 4.39 Å². The molecule has 0 saturated heterocycles. The van der Waals surface area contributed by atoms with Gasteiger partial charge in [0.05, 0.1) is 10.0 Å². The van der Waals surface area contributed by atoms with Crippen LogP contribution in [0.5, 0.6) is 0 Å². The Labute approximate surface area is 115 Å². The Morgan fingerprint density at radius 1 is 1.06 bits per heavy atom. The van der Waals surface area contributed by atoms with Gasteiger partial charge in [-0.2, -0.15) is 0 Å². The van der Waals surface area contributed by atoms with E-state index in [4.69, 9.17) is 0 Å². The third-order valence-electron chi connectivity index (χ3n) is 2.27. The third kappa shape index (κ3) is 2.64. The summed E-state index contributed by atoms with van der Waals surface area (Å²) in [6.07, 6.45) is 0. The van der Waals surface area contributed by atoms with Gasteiger partial charge in [-0.05, 0) is 28.1 Å². The van der Waals surface area contributed by atoms with Crippen LogP contribution in [0.3, 0.4) is 0 Å². The van der Waals surface area contributed by atoms with Crippen LogP contribution < -0.4 is 0 Å². The number of hydrogen-bond donors (Lipinski definition) is 0. The van der Waals surface area contributed by atoms with Crippen molar-refractivity contribution in [1.82, 2.24) is 0 Å². The highest BCUT2D eigenvalue weighted by atomic mass is 79.9. The molecule has 0 radical (unpaired) electrons. The van der Waals surface area contributed by atoms with Gasteiger partial charge in [-0.25, -0.2) is 4.39 Å². The van der Waals surface area contributed by atoms with Crippen LogP contribution in [0.2, 0.25) is 0 Å². The highest BCUT2D eigenvalue weighted by Gasteiger charge is 2.16. The van der Waals surface area contributed by atoms with Crippen molar-refractivity contribution >= 4 is 37.6 Å². The minimum Gasteiger partial charge on any atom is -0.288 e. The first-order valence-corrected chi connectivity index (χ1v) is 6.42. The summed E-state index contributed by atoms with van der Waals surface area (Å²) >= 11 is 6.32. The fourth-order valence-corrected chi connectivity index (χ4v) is 2.69. The van der Waals surface area contributed by atoms with Crippen LogP contribution in [0.1, 0.15) is 15.9 Å². The largest absolute Gasteiger partial charge is 0.288 e. The highest BCUT2D eigenvalue weighted by molar-refractivity contribution is 9.11. The Morgan fingerprint density at radius 2 is 1.71 bits per heavy atom. The Bertz CT molecular complexity index is 567. The average molecular weight is 358 g/mol. The van der Waals surface area contributed by atoms with Crippen LogP contribution >= 0.6 is 31.9 Å². The van der Waals surface area contributed by atoms with E-state index in [0.29, 0.717) is 10.0 Å². The summed E-state index contributed by atoms with van der Waals surface area (Å²) in [5, 5.41) is 0. The van der Waals surface area contributed by atoms with Gasteiger partial charge in [0.25, 0.3) is 0 Å². The van der Waals surface area contributed by atoms with E-state index in [1.54, 1.807) is 30.3 Å². The zero-order valence-corrected chi connectivity index (χ0v) is 11.8. The SMILES string of the molecule is O=C(c1ccccc1)c1cc(Br)cc(Br)c1F. The van der Waals surface area contributed by atoms with Crippen molar-refractivity contribution in [3.05, 3.63) is 68.4 Å². The molecule has 0 amide bonds. The predicted octanol–water partition coefficient (Wildman–Crippen LogP) is 4.58. The molecular formula is C13H7Br2FO. The van der Waals surface area contributed by atoms with Gasteiger partial charge in [-0.1, -0.05) is 46.3 Å². The van der Waals surface area contributed by atoms with Gasteiger partial charge >= 0.3 is 0 Å². The van der Waals surface area contributed by atoms with Crippen molar-refractivity contribution < 1.29 is 9.18 Å². The van der Waals surface area contributed by atoms with Gasteiger partial charge in [0.15, 0.2) is 5.78 Å². The first kappa shape index (κ1) is 12.5. The molecule has 0 atom stereocenters. The third-order valence-corrected chi connectivity index (χ3v) is 3.31. The fraction of sp³-hybridized carbons (Fsp3) is 0. The number of benzene rings is 2. The Morgan fingerprint density at radius 3 is 2.35 bits per heavy atom. The van der Waals surface area contributed by atoms with Gasteiger partial charge in [0.2, 0.25) is 0 Å². The number of ketones is 1. The van der Waals surface area contributed by atoms with Crippen molar-refractivity contribution in [2.45, 2.75) is 0 Å². The average Bonchev–Trinajstić information content (AvgIpc) is 2.34. The number of rotatable bonds is 2. The molecule has 0 spiro atoms. The van der Waals surface area contributed by atoms with Gasteiger partial charge in [0.1, 0.15) is 5.82 Å². The lowest BCUT2D eigenvalue weighted by Crippen LogP contribution is -2.04. The maximum atomic E-state index is 13.8. The molecule has 2 aromatic carbocycles. The molecule has 0 aliphatic heterocycles. The van der Waals surface area contributed by atoms with E-state index in [-0.39, 0.29) is 15.8 Å². The van der Waals surface area contributed by atoms with Crippen molar-refractivity contribution in [3.63, 3.8) is 0 Å². The summed E-state index contributed by atoms with van der Waals surface area (Å²) < 4.78 is 14.8. The van der Waals surface area contributed by atoms with Crippen LogP contribution in [0, 0.1) is 5.82 Å². The van der Waals surface area contributed by atoms with E-state index in [0.717, 1.165) is 0 Å². The standard InChI is InChI=1S/C13H7Br2FO/c14-9-6-10(12(16)11(15)7-9)13(17)8-4-2-1-3-5-8/h1-7H. The minimum atomic E-state index is -0.540. The Balaban J connectivity index is 2.52. The first-order chi connectivity index (χ1) is 8.09. The van der Waals surface area contributed by atoms with Crippen molar-refractivity contribution in [2.24, 2.45) is 0 Å². The maximum Gasteiger partial charge on any atom is 0.196 e. The second kappa shape index (κ2) is 5.10. The van der Waals surface area contributed by atoms with E-state index in [9.17, 15) is 9.18 Å². The van der Waals surface area contributed by atoms with E-state index in [1.807, 2.05) is 6.07 Å². The summed E-state index contributed by atoms with van der Waals surface area (Å²) in [4.78, 5) is 12.1. The summed E-state index contributed by atoms with van der Waals surface area (Å²) in [6, 6.07) is 11.7. The molecule has 86 valence electrons. The quantitative estimate of drug-likeness (QED) is 0.567. The van der Waals surface area contributed by atoms with Crippen LogP contribution in [-0.2, 0) is 0 Å². The highest BCUT2D eigenvalue weighted by Crippen LogP contribution is 2.26. The zero-order chi connectivity index (χ0) is 12.4. The molecular weight excluding hydrogens is 351 g/mol. The normalized spacial score (nSPS) is 10.3. The van der Waals surface area contributed by atoms with Crippen LogP contribution in [-0.4, -0.2) is 5.78 Å². The Hall–Kier alpha value is -1.000. The lowest BCUT2D eigenvalue weighted by molar-refractivity contribution is 0.103. The topological polar surface area (TPSA) is 17.1 Å². The molecule has 2 rings (SSSR count). The summed E-state index contributed by atoms with van der Waals surface area (Å²) in [6.45, 7) is 0. The van der Waals surface area contributed by atoms with Crippen molar-refractivity contribution in [1.29, 1.82) is 0 Å². The predicted molar refractivity (Wildman–Crippen MR) is 71.7 cm³/mol. The van der Waals surface area contributed by atoms with Crippen LogP contribution in [0.15, 0.2) is 51.4 Å². The molecule has 2 aromatic rings. The molecule has 4 heteroatoms. The number of hydrogen-bond acceptors (Lipinski definition) is 1.